The van der Waals surface area contributed by atoms with Crippen LogP contribution in [0.25, 0.3) is 0 Å². The molecule has 8 heteroatoms. The molecule has 0 spiro atoms. The fraction of sp³-hybridized carbons (Fsp3) is 0.250. The van der Waals surface area contributed by atoms with Gasteiger partial charge in [-0.3, -0.25) is 0 Å². The molecule has 0 bridgehead atoms. The SMILES string of the molecule is N#CCc1cc(C(F)F)nc([N+](=O)[O-])c1O. The largest absolute Gasteiger partial charge is 0.501 e. The molecule has 1 rings (SSSR count). The summed E-state index contributed by atoms with van der Waals surface area (Å²) in [5.41, 5.74) is -1.07. The molecule has 16 heavy (non-hydrogen) atoms. The lowest BCUT2D eigenvalue weighted by molar-refractivity contribution is -0.390. The van der Waals surface area contributed by atoms with Crippen molar-refractivity contribution in [3.63, 3.8) is 0 Å². The summed E-state index contributed by atoms with van der Waals surface area (Å²) in [6, 6.07) is 2.38. The highest BCUT2D eigenvalue weighted by molar-refractivity contribution is 5.47. The third-order valence-corrected chi connectivity index (χ3v) is 1.74. The molecule has 1 heterocycles. The van der Waals surface area contributed by atoms with Crippen LogP contribution >= 0.6 is 0 Å². The van der Waals surface area contributed by atoms with E-state index < -0.39 is 35.0 Å². The fourth-order valence-corrected chi connectivity index (χ4v) is 1.06. The Hall–Kier alpha value is -2.30. The topological polar surface area (TPSA) is 100 Å². The number of alkyl halides is 2. The predicted molar refractivity (Wildman–Crippen MR) is 46.8 cm³/mol. The summed E-state index contributed by atoms with van der Waals surface area (Å²) in [5, 5.41) is 28.1. The third-order valence-electron chi connectivity index (χ3n) is 1.74. The zero-order valence-electron chi connectivity index (χ0n) is 7.72. The van der Waals surface area contributed by atoms with Crippen LogP contribution in [0.15, 0.2) is 6.07 Å². The van der Waals surface area contributed by atoms with Crippen molar-refractivity contribution in [1.82, 2.24) is 4.98 Å². The van der Waals surface area contributed by atoms with Gasteiger partial charge in [-0.1, -0.05) is 0 Å². The quantitative estimate of drug-likeness (QED) is 0.627. The molecule has 6 nitrogen and oxygen atoms in total. The van der Waals surface area contributed by atoms with E-state index in [1.54, 1.807) is 6.07 Å². The number of aromatic hydroxyl groups is 1. The normalized spacial score (nSPS) is 10.1. The Kier molecular flexibility index (Phi) is 3.30. The van der Waals surface area contributed by atoms with Gasteiger partial charge in [0.2, 0.25) is 11.4 Å². The lowest BCUT2D eigenvalue weighted by Crippen LogP contribution is -2.00. The highest BCUT2D eigenvalue weighted by Crippen LogP contribution is 2.31. The maximum absolute atomic E-state index is 12.3. The van der Waals surface area contributed by atoms with Gasteiger partial charge in [0.15, 0.2) is 0 Å². The van der Waals surface area contributed by atoms with E-state index in [9.17, 15) is 24.0 Å². The molecule has 0 radical (unpaired) electrons. The van der Waals surface area contributed by atoms with Crippen LogP contribution in [-0.2, 0) is 6.42 Å². The van der Waals surface area contributed by atoms with E-state index in [1.807, 2.05) is 0 Å². The van der Waals surface area contributed by atoms with Gasteiger partial charge in [0.25, 0.3) is 0 Å². The van der Waals surface area contributed by atoms with Crippen molar-refractivity contribution >= 4 is 5.82 Å². The van der Waals surface area contributed by atoms with Gasteiger partial charge in [-0.15, -0.1) is 0 Å². The molecule has 0 aliphatic carbocycles. The van der Waals surface area contributed by atoms with E-state index in [4.69, 9.17) is 5.26 Å². The lowest BCUT2D eigenvalue weighted by Gasteiger charge is -2.02. The average molecular weight is 229 g/mol. The zero-order chi connectivity index (χ0) is 12.3. The predicted octanol–water partition coefficient (Wildman–Crippen LogP) is 1.70. The number of nitro groups is 1. The summed E-state index contributed by atoms with van der Waals surface area (Å²) in [6.45, 7) is 0. The van der Waals surface area contributed by atoms with Crippen LogP contribution in [0.2, 0.25) is 0 Å². The minimum atomic E-state index is -3.00. The van der Waals surface area contributed by atoms with Gasteiger partial charge in [0.1, 0.15) is 0 Å². The van der Waals surface area contributed by atoms with Crippen molar-refractivity contribution in [2.45, 2.75) is 12.8 Å². The molecule has 1 N–H and O–H groups in total. The number of hydrogen-bond acceptors (Lipinski definition) is 5. The Bertz CT molecular complexity index is 470. The van der Waals surface area contributed by atoms with Crippen molar-refractivity contribution < 1.29 is 18.8 Å². The van der Waals surface area contributed by atoms with Gasteiger partial charge >= 0.3 is 12.2 Å². The first-order valence-electron chi connectivity index (χ1n) is 3.99. The van der Waals surface area contributed by atoms with Crippen molar-refractivity contribution in [1.29, 1.82) is 5.26 Å². The van der Waals surface area contributed by atoms with Crippen LogP contribution in [0.1, 0.15) is 17.7 Å². The number of nitrogens with zero attached hydrogens (tertiary/aromatic N) is 3. The lowest BCUT2D eigenvalue weighted by atomic mass is 10.1. The van der Waals surface area contributed by atoms with Crippen molar-refractivity contribution in [3.05, 3.63) is 27.4 Å². The van der Waals surface area contributed by atoms with Crippen LogP contribution in [0.3, 0.4) is 0 Å². The summed E-state index contributed by atoms with van der Waals surface area (Å²) < 4.78 is 24.6. The molecule has 0 saturated heterocycles. The molecule has 0 aliphatic rings. The van der Waals surface area contributed by atoms with Crippen LogP contribution in [0.5, 0.6) is 5.75 Å². The summed E-state index contributed by atoms with van der Waals surface area (Å²) in [7, 11) is 0. The molecule has 0 aromatic carbocycles. The summed E-state index contributed by atoms with van der Waals surface area (Å²) >= 11 is 0. The standard InChI is InChI=1S/C8H5F2N3O3/c9-7(10)5-3-4(1-2-11)6(14)8(12-5)13(15)16/h3,7,14H,1H2. The van der Waals surface area contributed by atoms with E-state index >= 15 is 0 Å². The minimum absolute atomic E-state index is 0.237. The Balaban J connectivity index is 3.40. The van der Waals surface area contributed by atoms with E-state index in [0.717, 1.165) is 6.07 Å². The summed E-state index contributed by atoms with van der Waals surface area (Å²) in [5.74, 6) is -1.92. The van der Waals surface area contributed by atoms with E-state index in [-0.39, 0.29) is 5.56 Å². The molecule has 1 aromatic heterocycles. The number of rotatable bonds is 3. The maximum atomic E-state index is 12.3. The molecule has 0 atom stereocenters. The Morgan fingerprint density at radius 3 is 2.75 bits per heavy atom. The highest BCUT2D eigenvalue weighted by atomic mass is 19.3. The highest BCUT2D eigenvalue weighted by Gasteiger charge is 2.26. The van der Waals surface area contributed by atoms with Crippen LogP contribution in [-0.4, -0.2) is 15.0 Å². The first-order valence-corrected chi connectivity index (χ1v) is 3.99. The average Bonchev–Trinajstić information content (AvgIpc) is 2.20. The smallest absolute Gasteiger partial charge is 0.406 e. The second kappa shape index (κ2) is 4.48. The number of aromatic nitrogens is 1. The molecule has 84 valence electrons. The van der Waals surface area contributed by atoms with Gasteiger partial charge in [0, 0.05) is 5.56 Å². The Morgan fingerprint density at radius 1 is 1.69 bits per heavy atom. The van der Waals surface area contributed by atoms with Crippen molar-refractivity contribution in [2.75, 3.05) is 0 Å². The van der Waals surface area contributed by atoms with Gasteiger partial charge in [-0.2, -0.15) is 5.26 Å². The molecule has 0 saturated carbocycles. The molecule has 0 unspecified atom stereocenters. The number of halogens is 2. The number of hydrogen-bond donors (Lipinski definition) is 1. The van der Waals surface area contributed by atoms with Crippen LogP contribution in [0, 0.1) is 21.4 Å². The first-order chi connectivity index (χ1) is 7.47. The minimum Gasteiger partial charge on any atom is -0.501 e. The second-order valence-corrected chi connectivity index (χ2v) is 2.77. The first kappa shape index (κ1) is 11.8. The summed E-state index contributed by atoms with van der Waals surface area (Å²) in [4.78, 5) is 12.3. The van der Waals surface area contributed by atoms with Crippen molar-refractivity contribution in [2.24, 2.45) is 0 Å². The Morgan fingerprint density at radius 2 is 2.31 bits per heavy atom. The number of pyridine rings is 1. The van der Waals surface area contributed by atoms with E-state index in [1.165, 1.54) is 0 Å². The molecular weight excluding hydrogens is 224 g/mol. The third kappa shape index (κ3) is 2.20. The second-order valence-electron chi connectivity index (χ2n) is 2.77. The van der Waals surface area contributed by atoms with Crippen molar-refractivity contribution in [3.8, 4) is 11.8 Å². The van der Waals surface area contributed by atoms with Gasteiger partial charge in [0.05, 0.1) is 12.5 Å². The van der Waals surface area contributed by atoms with Gasteiger partial charge in [-0.05, 0) is 16.0 Å². The van der Waals surface area contributed by atoms with Gasteiger partial charge < -0.3 is 15.2 Å². The number of nitriles is 1. The molecular formula is C8H5F2N3O3. The molecule has 0 amide bonds. The fourth-order valence-electron chi connectivity index (χ4n) is 1.06. The van der Waals surface area contributed by atoms with E-state index in [2.05, 4.69) is 4.98 Å². The summed E-state index contributed by atoms with van der Waals surface area (Å²) in [6.07, 6.45) is -3.41. The zero-order valence-corrected chi connectivity index (χ0v) is 7.72. The molecule has 0 aliphatic heterocycles. The Labute approximate surface area is 87.9 Å². The monoisotopic (exact) mass is 229 g/mol. The maximum Gasteiger partial charge on any atom is 0.406 e. The van der Waals surface area contributed by atoms with E-state index in [0.29, 0.717) is 0 Å². The molecule has 1 aromatic rings. The molecule has 0 fully saturated rings. The van der Waals surface area contributed by atoms with Crippen LogP contribution in [0.4, 0.5) is 14.6 Å². The van der Waals surface area contributed by atoms with Crippen LogP contribution < -0.4 is 0 Å². The van der Waals surface area contributed by atoms with Gasteiger partial charge in [-0.25, -0.2) is 8.78 Å².